The lowest BCUT2D eigenvalue weighted by Crippen LogP contribution is -2.57. The number of fused-ring (bicyclic) bond motifs is 1. The monoisotopic (exact) mass is 608 g/mol. The van der Waals surface area contributed by atoms with Crippen molar-refractivity contribution in [1.82, 2.24) is 20.4 Å². The summed E-state index contributed by atoms with van der Waals surface area (Å²) in [4.78, 5) is 32.0. The first kappa shape index (κ1) is 33.5. The molecule has 4 rings (SSSR count). The van der Waals surface area contributed by atoms with Gasteiger partial charge in [-0.15, -0.1) is 0 Å². The SMILES string of the molecule is C=CC(Cl)=CC/C=C(\C)CC(NC(=O)CC1NCc2ccccc21)C(=O)N1CCN(C(CC(C)C)C2CCCCC2)CC1. The van der Waals surface area contributed by atoms with E-state index in [1.165, 1.54) is 49.7 Å². The number of halogens is 1. The van der Waals surface area contributed by atoms with Gasteiger partial charge in [0.1, 0.15) is 6.04 Å². The van der Waals surface area contributed by atoms with Crippen molar-refractivity contribution < 1.29 is 9.59 Å². The summed E-state index contributed by atoms with van der Waals surface area (Å²) >= 11 is 6.09. The van der Waals surface area contributed by atoms with Crippen LogP contribution in [0.1, 0.15) is 95.7 Å². The van der Waals surface area contributed by atoms with E-state index in [9.17, 15) is 9.59 Å². The Hall–Kier alpha value is -2.41. The largest absolute Gasteiger partial charge is 0.344 e. The van der Waals surface area contributed by atoms with E-state index in [1.807, 2.05) is 30.0 Å². The molecule has 0 radical (unpaired) electrons. The third-order valence-electron chi connectivity index (χ3n) is 9.49. The van der Waals surface area contributed by atoms with Crippen LogP contribution in [-0.4, -0.2) is 59.9 Å². The minimum atomic E-state index is -0.587. The summed E-state index contributed by atoms with van der Waals surface area (Å²) in [5, 5.41) is 7.21. The summed E-state index contributed by atoms with van der Waals surface area (Å²) in [5.41, 5.74) is 3.47. The highest BCUT2D eigenvalue weighted by Crippen LogP contribution is 2.33. The van der Waals surface area contributed by atoms with Crippen LogP contribution in [-0.2, 0) is 16.1 Å². The number of hydrogen-bond donors (Lipinski definition) is 2. The van der Waals surface area contributed by atoms with Crippen molar-refractivity contribution in [1.29, 1.82) is 0 Å². The van der Waals surface area contributed by atoms with Crippen LogP contribution in [0.5, 0.6) is 0 Å². The lowest BCUT2D eigenvalue weighted by Gasteiger charge is -2.44. The highest BCUT2D eigenvalue weighted by molar-refractivity contribution is 6.31. The van der Waals surface area contributed by atoms with Gasteiger partial charge in [0.2, 0.25) is 11.8 Å². The predicted octanol–water partition coefficient (Wildman–Crippen LogP) is 6.88. The van der Waals surface area contributed by atoms with Crippen LogP contribution in [0.25, 0.3) is 0 Å². The Balaban J connectivity index is 1.41. The molecule has 0 bridgehead atoms. The summed E-state index contributed by atoms with van der Waals surface area (Å²) in [7, 11) is 0. The van der Waals surface area contributed by atoms with E-state index in [0.717, 1.165) is 31.1 Å². The zero-order chi connectivity index (χ0) is 30.8. The molecule has 1 saturated heterocycles. The number of benzene rings is 1. The number of allylic oxidation sites excluding steroid dienone is 4. The second kappa shape index (κ2) is 16.6. The van der Waals surface area contributed by atoms with Crippen molar-refractivity contribution >= 4 is 23.4 Å². The zero-order valence-corrected chi connectivity index (χ0v) is 27.4. The molecular weight excluding hydrogens is 556 g/mol. The molecule has 2 heterocycles. The van der Waals surface area contributed by atoms with Gasteiger partial charge in [0.05, 0.1) is 0 Å². The fraction of sp³-hybridized carbons (Fsp3) is 0.611. The number of amides is 2. The standard InChI is InChI=1S/C36H53ClN4O2/c1-5-30(37)16-11-12-27(4)23-33(39-35(42)24-32-31-17-10-9-15-29(31)25-38-32)36(43)41-20-18-40(19-21-41)34(22-26(2)3)28-13-7-6-8-14-28/h5,9-10,12,15-17,26,28,32-34,38H,1,6-8,11,13-14,18-25H2,2-4H3,(H,39,42)/b27-12+,30-16?. The van der Waals surface area contributed by atoms with Crippen molar-refractivity contribution in [2.24, 2.45) is 11.8 Å². The Morgan fingerprint density at radius 1 is 1.09 bits per heavy atom. The molecule has 0 aromatic heterocycles. The third-order valence-corrected chi connectivity index (χ3v) is 9.80. The molecule has 3 atom stereocenters. The van der Waals surface area contributed by atoms with E-state index in [-0.39, 0.29) is 17.9 Å². The highest BCUT2D eigenvalue weighted by Gasteiger charge is 2.35. The van der Waals surface area contributed by atoms with Gasteiger partial charge in [-0.05, 0) is 62.0 Å². The van der Waals surface area contributed by atoms with E-state index in [4.69, 9.17) is 11.6 Å². The van der Waals surface area contributed by atoms with Crippen LogP contribution in [0, 0.1) is 11.8 Å². The lowest BCUT2D eigenvalue weighted by atomic mass is 9.80. The molecule has 1 aromatic rings. The van der Waals surface area contributed by atoms with Crippen molar-refractivity contribution in [3.63, 3.8) is 0 Å². The number of piperazine rings is 1. The Kier molecular flexibility index (Phi) is 12.9. The van der Waals surface area contributed by atoms with Gasteiger partial charge in [0, 0.05) is 56.3 Å². The number of rotatable bonds is 13. The molecule has 43 heavy (non-hydrogen) atoms. The Labute approximate surface area is 265 Å². The maximum Gasteiger partial charge on any atom is 0.245 e. The molecule has 3 unspecified atom stereocenters. The smallest absolute Gasteiger partial charge is 0.245 e. The van der Waals surface area contributed by atoms with Crippen molar-refractivity contribution in [2.45, 2.75) is 103 Å². The van der Waals surface area contributed by atoms with Crippen molar-refractivity contribution in [3.05, 3.63) is 70.8 Å². The van der Waals surface area contributed by atoms with E-state index < -0.39 is 6.04 Å². The van der Waals surface area contributed by atoms with E-state index in [0.29, 0.717) is 49.3 Å². The molecule has 2 N–H and O–H groups in total. The Morgan fingerprint density at radius 3 is 2.51 bits per heavy atom. The Morgan fingerprint density at radius 2 is 1.81 bits per heavy atom. The van der Waals surface area contributed by atoms with Gasteiger partial charge in [0.15, 0.2) is 0 Å². The van der Waals surface area contributed by atoms with Crippen LogP contribution >= 0.6 is 11.6 Å². The van der Waals surface area contributed by atoms with E-state index in [1.54, 1.807) is 6.08 Å². The molecular formula is C36H53ClN4O2. The lowest BCUT2D eigenvalue weighted by molar-refractivity contribution is -0.138. The van der Waals surface area contributed by atoms with Gasteiger partial charge < -0.3 is 15.5 Å². The van der Waals surface area contributed by atoms with Crippen molar-refractivity contribution in [2.75, 3.05) is 26.2 Å². The molecule has 3 aliphatic rings. The topological polar surface area (TPSA) is 64.7 Å². The predicted molar refractivity (Wildman–Crippen MR) is 178 cm³/mol. The molecule has 2 fully saturated rings. The number of hydrogen-bond acceptors (Lipinski definition) is 4. The quantitative estimate of drug-likeness (QED) is 0.189. The number of nitrogens with one attached hydrogen (secondary N) is 2. The van der Waals surface area contributed by atoms with Crippen LogP contribution < -0.4 is 10.6 Å². The molecule has 2 aliphatic heterocycles. The fourth-order valence-corrected chi connectivity index (χ4v) is 7.29. The molecule has 1 saturated carbocycles. The molecule has 1 aliphatic carbocycles. The first-order chi connectivity index (χ1) is 20.7. The van der Waals surface area contributed by atoms with Gasteiger partial charge in [-0.25, -0.2) is 0 Å². The van der Waals surface area contributed by atoms with Crippen LogP contribution in [0.4, 0.5) is 0 Å². The van der Waals surface area contributed by atoms with E-state index in [2.05, 4.69) is 54.2 Å². The number of carbonyl (C=O) groups is 2. The van der Waals surface area contributed by atoms with Gasteiger partial charge in [-0.2, -0.15) is 0 Å². The van der Waals surface area contributed by atoms with Crippen LogP contribution in [0.2, 0.25) is 0 Å². The summed E-state index contributed by atoms with van der Waals surface area (Å²) in [6, 6.07) is 8.23. The fourth-order valence-electron chi connectivity index (χ4n) is 7.20. The average molecular weight is 609 g/mol. The molecule has 2 amide bonds. The van der Waals surface area contributed by atoms with Gasteiger partial charge >= 0.3 is 0 Å². The van der Waals surface area contributed by atoms with Gasteiger partial charge in [-0.1, -0.05) is 99.4 Å². The second-order valence-electron chi connectivity index (χ2n) is 13.2. The first-order valence-electron chi connectivity index (χ1n) is 16.5. The molecule has 1 aromatic carbocycles. The second-order valence-corrected chi connectivity index (χ2v) is 13.6. The summed E-state index contributed by atoms with van der Waals surface area (Å²) in [6.45, 7) is 14.4. The first-order valence-corrected chi connectivity index (χ1v) is 16.9. The molecule has 6 nitrogen and oxygen atoms in total. The van der Waals surface area contributed by atoms with Gasteiger partial charge in [0.25, 0.3) is 0 Å². The Bertz CT molecular complexity index is 1150. The summed E-state index contributed by atoms with van der Waals surface area (Å²) in [5.74, 6) is 1.37. The third kappa shape index (κ3) is 9.79. The number of carbonyl (C=O) groups excluding carboxylic acids is 2. The summed E-state index contributed by atoms with van der Waals surface area (Å²) in [6.07, 6.45) is 15.0. The van der Waals surface area contributed by atoms with Crippen LogP contribution in [0.3, 0.4) is 0 Å². The minimum Gasteiger partial charge on any atom is -0.344 e. The zero-order valence-electron chi connectivity index (χ0n) is 26.6. The maximum absolute atomic E-state index is 14.0. The normalized spacial score (nSPS) is 21.9. The van der Waals surface area contributed by atoms with Crippen molar-refractivity contribution in [3.8, 4) is 0 Å². The molecule has 7 heteroatoms. The van der Waals surface area contributed by atoms with Gasteiger partial charge in [-0.3, -0.25) is 14.5 Å². The number of nitrogens with zero attached hydrogens (tertiary/aromatic N) is 2. The average Bonchev–Trinajstić information content (AvgIpc) is 3.42. The summed E-state index contributed by atoms with van der Waals surface area (Å²) < 4.78 is 0. The van der Waals surface area contributed by atoms with E-state index >= 15 is 0 Å². The maximum atomic E-state index is 14.0. The minimum absolute atomic E-state index is 0.0262. The molecule has 0 spiro atoms. The van der Waals surface area contributed by atoms with Crippen LogP contribution in [0.15, 0.2) is 59.7 Å². The molecule has 236 valence electrons. The highest BCUT2D eigenvalue weighted by atomic mass is 35.5.